The Bertz CT molecular complexity index is 1400. The van der Waals surface area contributed by atoms with Crippen molar-refractivity contribution < 1.29 is 9.90 Å². The summed E-state index contributed by atoms with van der Waals surface area (Å²) < 4.78 is 2.10. The fraction of sp³-hybridized carbons (Fsp3) is 0.458. The number of aromatic nitrogens is 6. The van der Waals surface area contributed by atoms with E-state index in [2.05, 4.69) is 38.7 Å². The van der Waals surface area contributed by atoms with E-state index in [1.807, 2.05) is 12.3 Å². The van der Waals surface area contributed by atoms with Crippen LogP contribution in [0.25, 0.3) is 33.6 Å². The molecule has 3 fully saturated rings. The minimum atomic E-state index is -0.723. The molecule has 0 radical (unpaired) electrons. The van der Waals surface area contributed by atoms with Gasteiger partial charge in [-0.15, -0.1) is 0 Å². The smallest absolute Gasteiger partial charge is 0.308 e. The second kappa shape index (κ2) is 7.94. The number of H-pyrrole nitrogens is 1. The van der Waals surface area contributed by atoms with E-state index >= 15 is 0 Å². The molecule has 0 spiro atoms. The van der Waals surface area contributed by atoms with Crippen LogP contribution in [-0.2, 0) is 4.79 Å². The van der Waals surface area contributed by atoms with Gasteiger partial charge in [0.05, 0.1) is 23.1 Å². The van der Waals surface area contributed by atoms with Crippen LogP contribution in [0.5, 0.6) is 0 Å². The second-order valence-corrected chi connectivity index (χ2v) is 10.1. The summed E-state index contributed by atoms with van der Waals surface area (Å²) in [7, 11) is 0. The quantitative estimate of drug-likeness (QED) is 0.372. The highest BCUT2D eigenvalue weighted by Gasteiger charge is 2.47. The molecule has 10 heteroatoms. The first-order chi connectivity index (χ1) is 16.4. The number of aliphatic carboxylic acids is 1. The molecule has 0 unspecified atom stereocenters. The first kappa shape index (κ1) is 21.3. The molecule has 0 saturated heterocycles. The van der Waals surface area contributed by atoms with Crippen LogP contribution in [0.4, 0.5) is 5.82 Å². The Morgan fingerprint density at radius 3 is 2.71 bits per heavy atom. The summed E-state index contributed by atoms with van der Waals surface area (Å²) in [5, 5.41) is 14.8. The summed E-state index contributed by atoms with van der Waals surface area (Å²) in [5.74, 6) is 0.552. The van der Waals surface area contributed by atoms with Crippen LogP contribution in [-0.4, -0.2) is 46.6 Å². The summed E-state index contributed by atoms with van der Waals surface area (Å²) in [6.45, 7) is 4.21. The van der Waals surface area contributed by atoms with Gasteiger partial charge in [-0.2, -0.15) is 0 Å². The largest absolute Gasteiger partial charge is 0.481 e. The van der Waals surface area contributed by atoms with E-state index in [0.717, 1.165) is 36.7 Å². The lowest BCUT2D eigenvalue weighted by atomic mass is 9.61. The predicted octanol–water partition coefficient (Wildman–Crippen LogP) is 4.91. The van der Waals surface area contributed by atoms with Crippen molar-refractivity contribution in [2.24, 2.45) is 17.8 Å². The molecule has 34 heavy (non-hydrogen) atoms. The summed E-state index contributed by atoms with van der Waals surface area (Å²) >= 11 is 6.12. The second-order valence-electron chi connectivity index (χ2n) is 9.75. The third-order valence-corrected chi connectivity index (χ3v) is 7.71. The van der Waals surface area contributed by atoms with Gasteiger partial charge in [-0.3, -0.25) is 4.79 Å². The van der Waals surface area contributed by atoms with Crippen molar-refractivity contribution in [1.29, 1.82) is 0 Å². The average Bonchev–Trinajstić information content (AvgIpc) is 3.43. The van der Waals surface area contributed by atoms with Crippen LogP contribution < -0.4 is 5.32 Å². The normalized spacial score (nSPS) is 24.4. The van der Waals surface area contributed by atoms with Crippen molar-refractivity contribution >= 4 is 45.6 Å². The molecule has 176 valence electrons. The van der Waals surface area contributed by atoms with E-state index in [9.17, 15) is 9.90 Å². The number of aromatic amines is 1. The molecule has 0 aromatic carbocycles. The Hall–Kier alpha value is -3.20. The zero-order chi connectivity index (χ0) is 23.6. The van der Waals surface area contributed by atoms with Crippen molar-refractivity contribution in [3.8, 4) is 11.4 Å². The Morgan fingerprint density at radius 1 is 1.21 bits per heavy atom. The molecule has 0 aliphatic heterocycles. The predicted molar refractivity (Wildman–Crippen MR) is 130 cm³/mol. The molecular weight excluding hydrogens is 454 g/mol. The molecule has 4 aromatic heterocycles. The number of rotatable bonds is 5. The van der Waals surface area contributed by atoms with E-state index in [1.54, 1.807) is 6.20 Å². The molecule has 0 amide bonds. The maximum atomic E-state index is 12.2. The summed E-state index contributed by atoms with van der Waals surface area (Å²) in [4.78, 5) is 33.9. The monoisotopic (exact) mass is 479 g/mol. The average molecular weight is 480 g/mol. The number of halogens is 1. The van der Waals surface area contributed by atoms with Crippen LogP contribution in [0.15, 0.2) is 24.7 Å². The van der Waals surface area contributed by atoms with E-state index in [1.165, 1.54) is 6.20 Å². The molecule has 3 saturated carbocycles. The van der Waals surface area contributed by atoms with Crippen molar-refractivity contribution in [3.63, 3.8) is 0 Å². The van der Waals surface area contributed by atoms with Gasteiger partial charge in [-0.25, -0.2) is 19.9 Å². The summed E-state index contributed by atoms with van der Waals surface area (Å²) in [6, 6.07) is 2.04. The van der Waals surface area contributed by atoms with Crippen molar-refractivity contribution in [2.75, 3.05) is 5.32 Å². The van der Waals surface area contributed by atoms with Gasteiger partial charge in [0.25, 0.3) is 0 Å². The van der Waals surface area contributed by atoms with Crippen LogP contribution in [0.2, 0.25) is 5.15 Å². The fourth-order valence-corrected chi connectivity index (χ4v) is 6.02. The van der Waals surface area contributed by atoms with Gasteiger partial charge < -0.3 is 20.0 Å². The minimum Gasteiger partial charge on any atom is -0.481 e. The molecule has 3 N–H and O–H groups in total. The highest BCUT2D eigenvalue weighted by Crippen LogP contribution is 2.46. The maximum Gasteiger partial charge on any atom is 0.308 e. The lowest BCUT2D eigenvalue weighted by Crippen LogP contribution is -2.51. The molecule has 4 aromatic rings. The fourth-order valence-electron chi connectivity index (χ4n) is 5.89. The topological polar surface area (TPSA) is 122 Å². The number of anilines is 1. The van der Waals surface area contributed by atoms with E-state index in [0.29, 0.717) is 39.4 Å². The van der Waals surface area contributed by atoms with Crippen LogP contribution in [0, 0.1) is 17.8 Å². The van der Waals surface area contributed by atoms with E-state index < -0.39 is 11.9 Å². The lowest BCUT2D eigenvalue weighted by molar-refractivity contribution is -0.148. The number of carboxylic acids is 1. The zero-order valence-electron chi connectivity index (χ0n) is 19.0. The summed E-state index contributed by atoms with van der Waals surface area (Å²) in [5.41, 5.74) is 2.69. The molecule has 2 atom stereocenters. The SMILES string of the molecule is CC(C)n1ccc2c(N[C@H]3C4CCC(CC4)[C@@H]3C(=O)O)nc(-c3c[nH]c4ncc(Cl)nc34)nc21. The molecule has 4 heterocycles. The number of hydrogen-bond acceptors (Lipinski definition) is 6. The minimum absolute atomic E-state index is 0.157. The third kappa shape index (κ3) is 3.33. The van der Waals surface area contributed by atoms with Gasteiger partial charge >= 0.3 is 5.97 Å². The summed E-state index contributed by atoms with van der Waals surface area (Å²) in [6.07, 6.45) is 9.37. The Balaban J connectivity index is 1.51. The van der Waals surface area contributed by atoms with Gasteiger partial charge in [0.15, 0.2) is 11.5 Å². The molecular formula is C24H26ClN7O2. The molecule has 2 bridgehead atoms. The first-order valence-electron chi connectivity index (χ1n) is 11.8. The third-order valence-electron chi connectivity index (χ3n) is 7.53. The number of fused-ring (bicyclic) bond motifs is 5. The maximum absolute atomic E-state index is 12.2. The van der Waals surface area contributed by atoms with Crippen LogP contribution in [0.1, 0.15) is 45.6 Å². The zero-order valence-corrected chi connectivity index (χ0v) is 19.8. The number of nitrogens with one attached hydrogen (secondary N) is 2. The number of hydrogen-bond donors (Lipinski definition) is 3. The van der Waals surface area contributed by atoms with E-state index in [4.69, 9.17) is 21.6 Å². The highest BCUT2D eigenvalue weighted by atomic mass is 35.5. The van der Waals surface area contributed by atoms with E-state index in [-0.39, 0.29) is 18.0 Å². The van der Waals surface area contributed by atoms with Crippen LogP contribution in [0.3, 0.4) is 0 Å². The van der Waals surface area contributed by atoms with Crippen LogP contribution >= 0.6 is 11.6 Å². The molecule has 3 aliphatic carbocycles. The number of carboxylic acid groups (broad SMARTS) is 1. The van der Waals surface area contributed by atoms with Crippen molar-refractivity contribution in [1.82, 2.24) is 29.5 Å². The number of carbonyl (C=O) groups is 1. The first-order valence-corrected chi connectivity index (χ1v) is 12.2. The van der Waals surface area contributed by atoms with Gasteiger partial charge in [-0.1, -0.05) is 11.6 Å². The molecule has 7 rings (SSSR count). The molecule has 9 nitrogen and oxygen atoms in total. The van der Waals surface area contributed by atoms with Crippen molar-refractivity contribution in [2.45, 2.75) is 51.6 Å². The highest BCUT2D eigenvalue weighted by molar-refractivity contribution is 6.29. The molecule has 3 aliphatic rings. The van der Waals surface area contributed by atoms with Gasteiger partial charge in [0, 0.05) is 24.5 Å². The Labute approximate surface area is 201 Å². The van der Waals surface area contributed by atoms with Gasteiger partial charge in [0.1, 0.15) is 22.1 Å². The van der Waals surface area contributed by atoms with Crippen molar-refractivity contribution in [3.05, 3.63) is 29.8 Å². The van der Waals surface area contributed by atoms with Gasteiger partial charge in [0.2, 0.25) is 0 Å². The standard InChI is InChI=1S/C24H26ClN7O2/c1-11(2)32-8-7-14-20(29-18-13-5-3-12(4-6-13)17(18)24(33)34)30-21(31-23(14)32)15-9-26-22-19(15)28-16(25)10-27-22/h7-13,17-18H,3-6H2,1-2H3,(H,26,27)(H,33,34)(H,29,30,31)/t12?,13?,17-,18-/m0/s1. The Morgan fingerprint density at radius 2 is 1.97 bits per heavy atom. The number of nitrogens with zero attached hydrogens (tertiary/aromatic N) is 5. The lowest BCUT2D eigenvalue weighted by Gasteiger charge is -2.47. The Kier molecular flexibility index (Phi) is 4.98. The van der Waals surface area contributed by atoms with Gasteiger partial charge in [-0.05, 0) is 57.4 Å².